The summed E-state index contributed by atoms with van der Waals surface area (Å²) in [4.78, 5) is 27.7. The van der Waals surface area contributed by atoms with Gasteiger partial charge in [-0.2, -0.15) is 0 Å². The minimum absolute atomic E-state index is 0.180. The molecule has 1 amide bonds. The second-order valence-corrected chi connectivity index (χ2v) is 7.86. The number of benzene rings is 1. The molecule has 1 fully saturated rings. The predicted octanol–water partition coefficient (Wildman–Crippen LogP) is 2.30. The molecule has 0 spiro atoms. The molecule has 2 aliphatic rings. The molecule has 2 aromatic heterocycles. The number of anilines is 3. The Kier molecular flexibility index (Phi) is 6.32. The maximum Gasteiger partial charge on any atom is 0.281 e. The maximum absolute atomic E-state index is 12.6. The predicted molar refractivity (Wildman–Crippen MR) is 128 cm³/mol. The zero-order chi connectivity index (χ0) is 23.3. The van der Waals surface area contributed by atoms with Crippen LogP contribution in [0.1, 0.15) is 15.9 Å². The van der Waals surface area contributed by atoms with Crippen molar-refractivity contribution in [3.8, 4) is 17.0 Å². The maximum atomic E-state index is 12.6. The molecule has 0 bridgehead atoms. The number of hydrogen-bond donors (Lipinski definition) is 2. The Labute approximate surface area is 196 Å². The van der Waals surface area contributed by atoms with E-state index in [2.05, 4.69) is 30.5 Å². The number of rotatable bonds is 7. The SMILES string of the molecule is Nc1ncc(-c2cc3c(c(Nc4cccc(OCCN5CCOCC5)c4)n2)C(=O)[N]C=C3)cn1. The summed E-state index contributed by atoms with van der Waals surface area (Å²) in [5.41, 5.74) is 8.76. The topological polar surface area (TPSA) is 130 Å². The van der Waals surface area contributed by atoms with Gasteiger partial charge in [0.1, 0.15) is 18.2 Å². The van der Waals surface area contributed by atoms with Gasteiger partial charge in [0.15, 0.2) is 0 Å². The van der Waals surface area contributed by atoms with E-state index in [0.717, 1.165) is 44.3 Å². The van der Waals surface area contributed by atoms with E-state index in [1.807, 2.05) is 30.3 Å². The van der Waals surface area contributed by atoms with Crippen LogP contribution in [0.4, 0.5) is 17.5 Å². The Morgan fingerprint density at radius 3 is 2.79 bits per heavy atom. The zero-order valence-electron chi connectivity index (χ0n) is 18.5. The monoisotopic (exact) mass is 458 g/mol. The van der Waals surface area contributed by atoms with Crippen LogP contribution in [0.15, 0.2) is 48.9 Å². The van der Waals surface area contributed by atoms with Gasteiger partial charge in [0.25, 0.3) is 5.91 Å². The van der Waals surface area contributed by atoms with E-state index >= 15 is 0 Å². The number of nitrogens with one attached hydrogen (secondary N) is 1. The molecule has 1 saturated heterocycles. The van der Waals surface area contributed by atoms with Crippen molar-refractivity contribution in [2.75, 3.05) is 50.5 Å². The minimum atomic E-state index is -0.356. The molecule has 0 aliphatic carbocycles. The molecule has 1 aromatic carbocycles. The zero-order valence-corrected chi connectivity index (χ0v) is 18.5. The number of amides is 1. The number of nitrogens with two attached hydrogens (primary N) is 1. The molecule has 1 radical (unpaired) electrons. The summed E-state index contributed by atoms with van der Waals surface area (Å²) in [5.74, 6) is 0.948. The van der Waals surface area contributed by atoms with Gasteiger partial charge < -0.3 is 20.5 Å². The van der Waals surface area contributed by atoms with Crippen molar-refractivity contribution in [3.05, 3.63) is 60.1 Å². The Bertz CT molecular complexity index is 1210. The quantitative estimate of drug-likeness (QED) is 0.548. The van der Waals surface area contributed by atoms with Crippen molar-refractivity contribution in [2.24, 2.45) is 0 Å². The van der Waals surface area contributed by atoms with Crippen molar-refractivity contribution < 1.29 is 14.3 Å². The molecule has 173 valence electrons. The van der Waals surface area contributed by atoms with Crippen molar-refractivity contribution >= 4 is 29.4 Å². The largest absolute Gasteiger partial charge is 0.492 e. The highest BCUT2D eigenvalue weighted by Gasteiger charge is 2.22. The first kappa shape index (κ1) is 21.8. The fraction of sp³-hybridized carbons (Fsp3) is 0.250. The van der Waals surface area contributed by atoms with Crippen LogP contribution >= 0.6 is 0 Å². The van der Waals surface area contributed by atoms with E-state index in [-0.39, 0.29) is 11.9 Å². The molecule has 0 saturated carbocycles. The fourth-order valence-electron chi connectivity index (χ4n) is 3.80. The molecule has 2 aliphatic heterocycles. The van der Waals surface area contributed by atoms with Crippen LogP contribution in [0.5, 0.6) is 5.75 Å². The Hall–Kier alpha value is -4.02. The van der Waals surface area contributed by atoms with Crippen molar-refractivity contribution in [3.63, 3.8) is 0 Å². The summed E-state index contributed by atoms with van der Waals surface area (Å²) in [6.07, 6.45) is 6.46. The highest BCUT2D eigenvalue weighted by Crippen LogP contribution is 2.31. The van der Waals surface area contributed by atoms with E-state index in [1.54, 1.807) is 18.5 Å². The molecular formula is C24H24N7O3. The molecule has 10 nitrogen and oxygen atoms in total. The molecule has 3 aromatic rings. The second kappa shape index (κ2) is 9.86. The van der Waals surface area contributed by atoms with Gasteiger partial charge in [-0.05, 0) is 29.8 Å². The Morgan fingerprint density at radius 1 is 1.15 bits per heavy atom. The van der Waals surface area contributed by atoms with Crippen LogP contribution in [0.25, 0.3) is 17.3 Å². The van der Waals surface area contributed by atoms with Gasteiger partial charge in [-0.1, -0.05) is 6.07 Å². The number of carbonyl (C=O) groups excluding carboxylic acids is 1. The average Bonchev–Trinajstić information content (AvgIpc) is 2.85. The highest BCUT2D eigenvalue weighted by molar-refractivity contribution is 6.05. The summed E-state index contributed by atoms with van der Waals surface area (Å²) < 4.78 is 11.3. The number of ether oxygens (including phenoxy) is 2. The standard InChI is InChI=1S/C24H24N7O3/c25-24-27-14-17(15-28-24)20-12-16-4-5-26-23(32)21(16)22(30-20)29-18-2-1-3-19(13-18)34-11-8-31-6-9-33-10-7-31/h1-5,12-15H,6-11H2,(H,29,30)(H2,25,27,28). The number of aromatic nitrogens is 3. The summed E-state index contributed by atoms with van der Waals surface area (Å²) in [5, 5.41) is 7.18. The first-order chi connectivity index (χ1) is 16.7. The first-order valence-corrected chi connectivity index (χ1v) is 11.0. The lowest BCUT2D eigenvalue weighted by Crippen LogP contribution is -2.38. The fourth-order valence-corrected chi connectivity index (χ4v) is 3.80. The first-order valence-electron chi connectivity index (χ1n) is 11.0. The normalized spacial score (nSPS) is 15.5. The molecule has 10 heteroatoms. The van der Waals surface area contributed by atoms with Gasteiger partial charge in [-0.3, -0.25) is 9.69 Å². The van der Waals surface area contributed by atoms with Gasteiger partial charge in [-0.15, -0.1) is 0 Å². The van der Waals surface area contributed by atoms with E-state index in [4.69, 9.17) is 15.2 Å². The van der Waals surface area contributed by atoms with Gasteiger partial charge in [0.2, 0.25) is 5.95 Å². The molecular weight excluding hydrogens is 434 g/mol. The van der Waals surface area contributed by atoms with Gasteiger partial charge in [0.05, 0.1) is 24.5 Å². The molecule has 5 rings (SSSR count). The summed E-state index contributed by atoms with van der Waals surface area (Å²) in [7, 11) is 0. The lowest BCUT2D eigenvalue weighted by molar-refractivity contribution is 0.0322. The third kappa shape index (κ3) is 4.98. The van der Waals surface area contributed by atoms with Crippen LogP contribution in [-0.2, 0) is 4.74 Å². The van der Waals surface area contributed by atoms with E-state index < -0.39 is 0 Å². The van der Waals surface area contributed by atoms with Gasteiger partial charge in [0, 0.05) is 55.5 Å². The van der Waals surface area contributed by atoms with E-state index in [1.165, 1.54) is 6.20 Å². The van der Waals surface area contributed by atoms with E-state index in [9.17, 15) is 4.79 Å². The van der Waals surface area contributed by atoms with Crippen LogP contribution in [0.2, 0.25) is 0 Å². The number of nitrogen functional groups attached to an aromatic ring is 1. The number of pyridine rings is 1. The number of nitrogens with zero attached hydrogens (tertiary/aromatic N) is 5. The molecule has 4 heterocycles. The Balaban J connectivity index is 1.37. The second-order valence-electron chi connectivity index (χ2n) is 7.86. The van der Waals surface area contributed by atoms with Crippen molar-refractivity contribution in [1.82, 2.24) is 25.2 Å². The summed E-state index contributed by atoms with van der Waals surface area (Å²) >= 11 is 0. The average molecular weight is 459 g/mol. The van der Waals surface area contributed by atoms with Crippen LogP contribution < -0.4 is 21.1 Å². The third-order valence-electron chi connectivity index (χ3n) is 5.55. The minimum Gasteiger partial charge on any atom is -0.492 e. The Morgan fingerprint density at radius 2 is 1.97 bits per heavy atom. The third-order valence-corrected chi connectivity index (χ3v) is 5.55. The van der Waals surface area contributed by atoms with Crippen LogP contribution in [0.3, 0.4) is 0 Å². The molecule has 0 unspecified atom stereocenters. The van der Waals surface area contributed by atoms with Gasteiger partial charge >= 0.3 is 0 Å². The number of carbonyl (C=O) groups is 1. The van der Waals surface area contributed by atoms with Crippen molar-refractivity contribution in [2.45, 2.75) is 0 Å². The lowest BCUT2D eigenvalue weighted by atomic mass is 10.0. The number of morpholine rings is 1. The molecule has 3 N–H and O–H groups in total. The van der Waals surface area contributed by atoms with Crippen LogP contribution in [-0.4, -0.2) is 65.2 Å². The van der Waals surface area contributed by atoms with Crippen molar-refractivity contribution in [1.29, 1.82) is 0 Å². The summed E-state index contributed by atoms with van der Waals surface area (Å²) in [6.45, 7) is 4.78. The van der Waals surface area contributed by atoms with Crippen LogP contribution in [0, 0.1) is 0 Å². The molecule has 0 atom stereocenters. The smallest absolute Gasteiger partial charge is 0.281 e. The van der Waals surface area contributed by atoms with E-state index in [0.29, 0.717) is 34.8 Å². The number of hydrogen-bond acceptors (Lipinski definition) is 9. The molecule has 34 heavy (non-hydrogen) atoms. The highest BCUT2D eigenvalue weighted by atomic mass is 16.5. The lowest BCUT2D eigenvalue weighted by Gasteiger charge is -2.26. The summed E-state index contributed by atoms with van der Waals surface area (Å²) in [6, 6.07) is 9.37. The number of fused-ring (bicyclic) bond motifs is 1. The van der Waals surface area contributed by atoms with Gasteiger partial charge in [-0.25, -0.2) is 20.3 Å².